The van der Waals surface area contributed by atoms with Gasteiger partial charge in [-0.25, -0.2) is 4.99 Å². The lowest BCUT2D eigenvalue weighted by atomic mass is 10.1. The first-order valence-corrected chi connectivity index (χ1v) is 6.09. The number of nitrogens with two attached hydrogens (primary N) is 1. The van der Waals surface area contributed by atoms with E-state index in [9.17, 15) is 0 Å². The quantitative estimate of drug-likeness (QED) is 0.447. The van der Waals surface area contributed by atoms with Crippen molar-refractivity contribution in [3.63, 3.8) is 0 Å². The molecule has 0 aromatic heterocycles. The van der Waals surface area contributed by atoms with Crippen LogP contribution in [0.2, 0.25) is 0 Å². The van der Waals surface area contributed by atoms with E-state index in [0.29, 0.717) is 36.3 Å². The first-order valence-electron chi connectivity index (χ1n) is 6.09. The Morgan fingerprint density at radius 2 is 1.80 bits per heavy atom. The highest BCUT2D eigenvalue weighted by Crippen LogP contribution is 2.34. The molecule has 0 spiro atoms. The number of nitrogens with one attached hydrogen (secondary N) is 1. The number of rotatable bonds is 7. The molecule has 0 bridgehead atoms. The molecule has 6 heteroatoms. The van der Waals surface area contributed by atoms with Crippen LogP contribution in [-0.2, 0) is 6.54 Å². The number of nitrogens with zero attached hydrogens (tertiary/aromatic N) is 1. The molecule has 0 aliphatic carbocycles. The number of aliphatic imine (C=N–C) groups is 1. The number of ether oxygens (including phenoxy) is 3. The summed E-state index contributed by atoms with van der Waals surface area (Å²) in [6.07, 6.45) is 1.71. The molecule has 0 atom stereocenters. The predicted octanol–water partition coefficient (Wildman–Crippen LogP) is 1.30. The van der Waals surface area contributed by atoms with Gasteiger partial charge in [0.25, 0.3) is 0 Å². The van der Waals surface area contributed by atoms with Crippen molar-refractivity contribution < 1.29 is 14.2 Å². The summed E-state index contributed by atoms with van der Waals surface area (Å²) in [6.45, 7) is 4.54. The van der Waals surface area contributed by atoms with Crippen LogP contribution in [-0.4, -0.2) is 33.8 Å². The SMILES string of the molecule is C=CCNC(N)=NCc1cc(OC)c(OC)cc1OC. The molecule has 0 aliphatic heterocycles. The van der Waals surface area contributed by atoms with Crippen LogP contribution in [0.5, 0.6) is 17.2 Å². The molecule has 1 rings (SSSR count). The minimum absolute atomic E-state index is 0.349. The van der Waals surface area contributed by atoms with Crippen molar-refractivity contribution in [1.29, 1.82) is 0 Å². The highest BCUT2D eigenvalue weighted by atomic mass is 16.5. The first-order chi connectivity index (χ1) is 9.65. The maximum atomic E-state index is 5.72. The zero-order valence-corrected chi connectivity index (χ0v) is 12.1. The third kappa shape index (κ3) is 4.08. The summed E-state index contributed by atoms with van der Waals surface area (Å²) < 4.78 is 15.8. The third-order valence-electron chi connectivity index (χ3n) is 2.63. The second kappa shape index (κ2) is 7.93. The normalized spacial score (nSPS) is 10.8. The summed E-state index contributed by atoms with van der Waals surface area (Å²) in [7, 11) is 4.75. The molecule has 0 unspecified atom stereocenters. The summed E-state index contributed by atoms with van der Waals surface area (Å²) in [6, 6.07) is 3.58. The summed E-state index contributed by atoms with van der Waals surface area (Å²) in [5, 5.41) is 2.90. The fraction of sp³-hybridized carbons (Fsp3) is 0.357. The highest BCUT2D eigenvalue weighted by Gasteiger charge is 2.11. The van der Waals surface area contributed by atoms with Crippen LogP contribution >= 0.6 is 0 Å². The van der Waals surface area contributed by atoms with Gasteiger partial charge in [-0.15, -0.1) is 6.58 Å². The van der Waals surface area contributed by atoms with Crippen molar-refractivity contribution in [2.45, 2.75) is 6.54 Å². The van der Waals surface area contributed by atoms with Crippen LogP contribution in [0.15, 0.2) is 29.8 Å². The van der Waals surface area contributed by atoms with Crippen LogP contribution in [0.3, 0.4) is 0 Å². The van der Waals surface area contributed by atoms with Gasteiger partial charge in [0.05, 0.1) is 27.9 Å². The summed E-state index contributed by atoms with van der Waals surface area (Å²) in [4.78, 5) is 4.23. The molecule has 0 radical (unpaired) electrons. The topological polar surface area (TPSA) is 78.1 Å². The Morgan fingerprint density at radius 3 is 2.35 bits per heavy atom. The second-order valence-corrected chi connectivity index (χ2v) is 3.89. The lowest BCUT2D eigenvalue weighted by Crippen LogP contribution is -2.31. The highest BCUT2D eigenvalue weighted by molar-refractivity contribution is 5.78. The lowest BCUT2D eigenvalue weighted by Gasteiger charge is -2.13. The van der Waals surface area contributed by atoms with E-state index < -0.39 is 0 Å². The van der Waals surface area contributed by atoms with E-state index in [1.165, 1.54) is 0 Å². The van der Waals surface area contributed by atoms with Crippen molar-refractivity contribution in [3.8, 4) is 17.2 Å². The average molecular weight is 279 g/mol. The molecule has 0 saturated carbocycles. The molecule has 0 saturated heterocycles. The molecule has 0 aliphatic rings. The van der Waals surface area contributed by atoms with Crippen molar-refractivity contribution >= 4 is 5.96 Å². The number of methoxy groups -OCH3 is 3. The Hall–Kier alpha value is -2.37. The van der Waals surface area contributed by atoms with Gasteiger partial charge in [0.1, 0.15) is 5.75 Å². The van der Waals surface area contributed by atoms with Crippen molar-refractivity contribution in [2.24, 2.45) is 10.7 Å². The van der Waals surface area contributed by atoms with Crippen molar-refractivity contribution in [1.82, 2.24) is 5.32 Å². The fourth-order valence-corrected chi connectivity index (χ4v) is 1.62. The van der Waals surface area contributed by atoms with Crippen LogP contribution in [0.4, 0.5) is 0 Å². The number of hydrogen-bond acceptors (Lipinski definition) is 4. The number of guanidine groups is 1. The molecular weight excluding hydrogens is 258 g/mol. The molecule has 0 heterocycles. The smallest absolute Gasteiger partial charge is 0.189 e. The van der Waals surface area contributed by atoms with Crippen LogP contribution in [0.1, 0.15) is 5.56 Å². The average Bonchev–Trinajstić information content (AvgIpc) is 2.49. The lowest BCUT2D eigenvalue weighted by molar-refractivity contribution is 0.347. The maximum absolute atomic E-state index is 5.72. The molecule has 1 aromatic carbocycles. The Labute approximate surface area is 119 Å². The van der Waals surface area contributed by atoms with Gasteiger partial charge >= 0.3 is 0 Å². The van der Waals surface area contributed by atoms with E-state index in [1.54, 1.807) is 33.5 Å². The van der Waals surface area contributed by atoms with Crippen LogP contribution < -0.4 is 25.3 Å². The standard InChI is InChI=1S/C14H21N3O3/c1-5-6-16-14(15)17-9-10-7-12(19-3)13(20-4)8-11(10)18-2/h5,7-8H,1,6,9H2,2-4H3,(H3,15,16,17). The maximum Gasteiger partial charge on any atom is 0.189 e. The number of hydrogen-bond donors (Lipinski definition) is 2. The molecular formula is C14H21N3O3. The van der Waals surface area contributed by atoms with Crippen molar-refractivity contribution in [2.75, 3.05) is 27.9 Å². The zero-order chi connectivity index (χ0) is 15.0. The van der Waals surface area contributed by atoms with Gasteiger partial charge in [-0.05, 0) is 6.07 Å². The summed E-state index contributed by atoms with van der Waals surface area (Å²) in [5.74, 6) is 2.25. The first kappa shape index (κ1) is 15.7. The van der Waals surface area contributed by atoms with E-state index in [0.717, 1.165) is 5.56 Å². The van der Waals surface area contributed by atoms with Crippen LogP contribution in [0.25, 0.3) is 0 Å². The van der Waals surface area contributed by atoms with Gasteiger partial charge < -0.3 is 25.3 Å². The van der Waals surface area contributed by atoms with Crippen molar-refractivity contribution in [3.05, 3.63) is 30.4 Å². The molecule has 1 aromatic rings. The Morgan fingerprint density at radius 1 is 1.20 bits per heavy atom. The zero-order valence-electron chi connectivity index (χ0n) is 12.1. The monoisotopic (exact) mass is 279 g/mol. The molecule has 3 N–H and O–H groups in total. The second-order valence-electron chi connectivity index (χ2n) is 3.89. The predicted molar refractivity (Wildman–Crippen MR) is 79.6 cm³/mol. The van der Waals surface area contributed by atoms with Gasteiger partial charge in [0.2, 0.25) is 0 Å². The fourth-order valence-electron chi connectivity index (χ4n) is 1.62. The molecule has 0 fully saturated rings. The Kier molecular flexibility index (Phi) is 6.22. The van der Waals surface area contributed by atoms with Gasteiger partial charge in [-0.1, -0.05) is 6.08 Å². The molecule has 6 nitrogen and oxygen atoms in total. The van der Waals surface area contributed by atoms with E-state index in [2.05, 4.69) is 16.9 Å². The largest absolute Gasteiger partial charge is 0.496 e. The minimum atomic E-state index is 0.349. The van der Waals surface area contributed by atoms with Gasteiger partial charge in [0, 0.05) is 18.2 Å². The summed E-state index contributed by atoms with van der Waals surface area (Å²) >= 11 is 0. The van der Waals surface area contributed by atoms with Gasteiger partial charge in [-0.3, -0.25) is 0 Å². The molecule has 110 valence electrons. The van der Waals surface area contributed by atoms with Gasteiger partial charge in [0.15, 0.2) is 17.5 Å². The Bertz CT molecular complexity index is 487. The Balaban J connectivity index is 2.95. The van der Waals surface area contributed by atoms with E-state index in [1.807, 2.05) is 6.07 Å². The van der Waals surface area contributed by atoms with E-state index in [4.69, 9.17) is 19.9 Å². The van der Waals surface area contributed by atoms with E-state index >= 15 is 0 Å². The number of benzene rings is 1. The van der Waals surface area contributed by atoms with Gasteiger partial charge in [-0.2, -0.15) is 0 Å². The summed E-state index contributed by atoms with van der Waals surface area (Å²) in [5.41, 5.74) is 6.58. The van der Waals surface area contributed by atoms with E-state index in [-0.39, 0.29) is 0 Å². The van der Waals surface area contributed by atoms with Crippen LogP contribution in [0, 0.1) is 0 Å². The molecule has 20 heavy (non-hydrogen) atoms. The minimum Gasteiger partial charge on any atom is -0.496 e. The molecule has 0 amide bonds. The third-order valence-corrected chi connectivity index (χ3v) is 2.63.